The van der Waals surface area contributed by atoms with Crippen molar-refractivity contribution in [1.82, 2.24) is 0 Å². The number of hydrogen-bond acceptors (Lipinski definition) is 3. The van der Waals surface area contributed by atoms with Gasteiger partial charge in [0.05, 0.1) is 13.2 Å². The van der Waals surface area contributed by atoms with Crippen molar-refractivity contribution in [2.45, 2.75) is 27.2 Å². The molecule has 2 aromatic carbocycles. The van der Waals surface area contributed by atoms with Gasteiger partial charge in [0, 0.05) is 12.2 Å². The normalized spacial score (nSPS) is 10.8. The lowest BCUT2D eigenvalue weighted by Crippen LogP contribution is -2.23. The van der Waals surface area contributed by atoms with Gasteiger partial charge in [0.15, 0.2) is 17.5 Å². The summed E-state index contributed by atoms with van der Waals surface area (Å²) in [6.45, 7) is 7.80. The lowest BCUT2D eigenvalue weighted by Gasteiger charge is -2.12. The van der Waals surface area contributed by atoms with Crippen molar-refractivity contribution in [2.75, 3.05) is 25.1 Å². The molecular formula is C20H28IN3O2. The van der Waals surface area contributed by atoms with E-state index in [0.717, 1.165) is 29.2 Å². The topological polar surface area (TPSA) is 68.9 Å². The fraction of sp³-hybridized carbons (Fsp3) is 0.350. The summed E-state index contributed by atoms with van der Waals surface area (Å²) in [5.74, 6) is 1.97. The molecule has 0 fully saturated rings. The van der Waals surface area contributed by atoms with E-state index in [4.69, 9.17) is 15.2 Å². The summed E-state index contributed by atoms with van der Waals surface area (Å²) in [4.78, 5) is 4.38. The average Bonchev–Trinajstić information content (AvgIpc) is 2.59. The van der Waals surface area contributed by atoms with Crippen molar-refractivity contribution < 1.29 is 9.47 Å². The highest BCUT2D eigenvalue weighted by molar-refractivity contribution is 14.0. The summed E-state index contributed by atoms with van der Waals surface area (Å²) in [6, 6.07) is 14.0. The zero-order valence-electron chi connectivity index (χ0n) is 15.6. The predicted molar refractivity (Wildman–Crippen MR) is 119 cm³/mol. The molecule has 0 aliphatic rings. The number of ether oxygens (including phenoxy) is 2. The summed E-state index contributed by atoms with van der Waals surface area (Å²) in [6.07, 6.45) is 0.781. The van der Waals surface area contributed by atoms with Gasteiger partial charge in [-0.25, -0.2) is 0 Å². The van der Waals surface area contributed by atoms with Gasteiger partial charge in [0.25, 0.3) is 0 Å². The van der Waals surface area contributed by atoms with E-state index in [1.807, 2.05) is 56.3 Å². The van der Waals surface area contributed by atoms with Gasteiger partial charge in [-0.3, -0.25) is 4.99 Å². The lowest BCUT2D eigenvalue weighted by molar-refractivity contribution is 0.287. The fourth-order valence-electron chi connectivity index (χ4n) is 2.38. The molecule has 0 saturated heterocycles. The van der Waals surface area contributed by atoms with Crippen LogP contribution >= 0.6 is 24.0 Å². The number of nitrogens with two attached hydrogens (primary N) is 1. The number of benzene rings is 2. The molecule has 6 heteroatoms. The summed E-state index contributed by atoms with van der Waals surface area (Å²) in [7, 11) is 0. The zero-order valence-corrected chi connectivity index (χ0v) is 17.9. The molecule has 0 radical (unpaired) electrons. The zero-order chi connectivity index (χ0) is 18.1. The SMILES string of the molecule is CCOc1ccc(CCN=C(N)Nc2ccc(C)cc2)cc1OCC.I. The summed E-state index contributed by atoms with van der Waals surface area (Å²) in [5, 5.41) is 3.10. The maximum absolute atomic E-state index is 5.94. The first-order valence-corrected chi connectivity index (χ1v) is 8.64. The molecule has 0 saturated carbocycles. The second-order valence-corrected chi connectivity index (χ2v) is 5.66. The Morgan fingerprint density at radius 1 is 1.00 bits per heavy atom. The molecule has 0 unspecified atom stereocenters. The van der Waals surface area contributed by atoms with Crippen molar-refractivity contribution in [3.05, 3.63) is 53.6 Å². The third-order valence-electron chi connectivity index (χ3n) is 3.61. The molecule has 0 spiro atoms. The molecule has 0 atom stereocenters. The van der Waals surface area contributed by atoms with Crippen LogP contribution in [0.3, 0.4) is 0 Å². The Balaban J connectivity index is 0.00000338. The highest BCUT2D eigenvalue weighted by Gasteiger charge is 2.06. The Bertz CT molecular complexity index is 703. The van der Waals surface area contributed by atoms with Crippen LogP contribution in [0.5, 0.6) is 11.5 Å². The molecule has 3 N–H and O–H groups in total. The van der Waals surface area contributed by atoms with Gasteiger partial charge < -0.3 is 20.5 Å². The quantitative estimate of drug-likeness (QED) is 0.342. The van der Waals surface area contributed by atoms with Crippen LogP contribution < -0.4 is 20.5 Å². The number of rotatable bonds is 8. The Morgan fingerprint density at radius 3 is 2.31 bits per heavy atom. The lowest BCUT2D eigenvalue weighted by atomic mass is 10.1. The van der Waals surface area contributed by atoms with Gasteiger partial charge in [-0.15, -0.1) is 24.0 Å². The summed E-state index contributed by atoms with van der Waals surface area (Å²) in [5.41, 5.74) is 9.23. The first kappa shape index (κ1) is 22.1. The van der Waals surface area contributed by atoms with E-state index in [2.05, 4.69) is 17.2 Å². The largest absolute Gasteiger partial charge is 0.490 e. The molecule has 0 aromatic heterocycles. The molecule has 26 heavy (non-hydrogen) atoms. The first-order valence-electron chi connectivity index (χ1n) is 8.64. The van der Waals surface area contributed by atoms with Gasteiger partial charge in [0.2, 0.25) is 0 Å². The van der Waals surface area contributed by atoms with E-state index in [0.29, 0.717) is 25.7 Å². The van der Waals surface area contributed by atoms with Crippen LogP contribution in [-0.2, 0) is 6.42 Å². The van der Waals surface area contributed by atoms with Crippen LogP contribution in [0, 0.1) is 6.92 Å². The van der Waals surface area contributed by atoms with Crippen LogP contribution in [0.25, 0.3) is 0 Å². The van der Waals surface area contributed by atoms with Crippen molar-refractivity contribution in [3.63, 3.8) is 0 Å². The molecule has 0 heterocycles. The first-order chi connectivity index (χ1) is 12.1. The Morgan fingerprint density at radius 2 is 1.65 bits per heavy atom. The monoisotopic (exact) mass is 469 g/mol. The summed E-state index contributed by atoms with van der Waals surface area (Å²) >= 11 is 0. The molecule has 0 aliphatic heterocycles. The van der Waals surface area contributed by atoms with E-state index in [1.165, 1.54) is 5.56 Å². The third-order valence-corrected chi connectivity index (χ3v) is 3.61. The number of hydrogen-bond donors (Lipinski definition) is 2. The van der Waals surface area contributed by atoms with Gasteiger partial charge in [-0.1, -0.05) is 23.8 Å². The third kappa shape index (κ3) is 7.11. The Kier molecular flexibility index (Phi) is 9.87. The van der Waals surface area contributed by atoms with E-state index in [9.17, 15) is 0 Å². The molecular weight excluding hydrogens is 441 g/mol. The average molecular weight is 469 g/mol. The highest BCUT2D eigenvalue weighted by Crippen LogP contribution is 2.28. The molecule has 142 valence electrons. The highest BCUT2D eigenvalue weighted by atomic mass is 127. The Hall–Kier alpha value is -1.96. The summed E-state index contributed by atoms with van der Waals surface area (Å²) < 4.78 is 11.2. The van der Waals surface area contributed by atoms with E-state index in [-0.39, 0.29) is 24.0 Å². The fourth-order valence-corrected chi connectivity index (χ4v) is 2.38. The smallest absolute Gasteiger partial charge is 0.193 e. The van der Waals surface area contributed by atoms with Crippen molar-refractivity contribution >= 4 is 35.6 Å². The number of aliphatic imine (C=N–C) groups is 1. The number of anilines is 1. The van der Waals surface area contributed by atoms with Crippen molar-refractivity contribution in [1.29, 1.82) is 0 Å². The second kappa shape index (κ2) is 11.6. The minimum Gasteiger partial charge on any atom is -0.490 e. The number of halogens is 1. The van der Waals surface area contributed by atoms with Crippen LogP contribution in [0.15, 0.2) is 47.5 Å². The minimum atomic E-state index is 0. The van der Waals surface area contributed by atoms with Gasteiger partial charge in [-0.05, 0) is 57.0 Å². The number of aryl methyl sites for hydroxylation is 1. The number of nitrogens with zero attached hydrogens (tertiary/aromatic N) is 1. The minimum absolute atomic E-state index is 0. The number of guanidine groups is 1. The standard InChI is InChI=1S/C20H27N3O2.HI/c1-4-24-18-11-8-16(14-19(18)25-5-2)12-13-22-20(21)23-17-9-6-15(3)7-10-17;/h6-11,14H,4-5,12-13H2,1-3H3,(H3,21,22,23);1H. The van der Waals surface area contributed by atoms with E-state index in [1.54, 1.807) is 0 Å². The number of nitrogens with one attached hydrogen (secondary N) is 1. The predicted octanol–water partition coefficient (Wildman–Crippen LogP) is 4.38. The van der Waals surface area contributed by atoms with Crippen LogP contribution in [0.2, 0.25) is 0 Å². The van der Waals surface area contributed by atoms with Crippen molar-refractivity contribution in [3.8, 4) is 11.5 Å². The van der Waals surface area contributed by atoms with Crippen molar-refractivity contribution in [2.24, 2.45) is 10.7 Å². The van der Waals surface area contributed by atoms with Gasteiger partial charge >= 0.3 is 0 Å². The van der Waals surface area contributed by atoms with Gasteiger partial charge in [0.1, 0.15) is 0 Å². The molecule has 2 rings (SSSR count). The van der Waals surface area contributed by atoms with E-state index < -0.39 is 0 Å². The Labute approximate surface area is 173 Å². The maximum Gasteiger partial charge on any atom is 0.193 e. The molecule has 0 bridgehead atoms. The second-order valence-electron chi connectivity index (χ2n) is 5.66. The maximum atomic E-state index is 5.94. The van der Waals surface area contributed by atoms with E-state index >= 15 is 0 Å². The van der Waals surface area contributed by atoms with Crippen LogP contribution in [0.4, 0.5) is 5.69 Å². The molecule has 0 aliphatic carbocycles. The van der Waals surface area contributed by atoms with Gasteiger partial charge in [-0.2, -0.15) is 0 Å². The van der Waals surface area contributed by atoms with Crippen LogP contribution in [-0.4, -0.2) is 25.7 Å². The molecule has 0 amide bonds. The molecule has 2 aromatic rings. The molecule has 5 nitrogen and oxygen atoms in total. The van der Waals surface area contributed by atoms with Crippen LogP contribution in [0.1, 0.15) is 25.0 Å².